The quantitative estimate of drug-likeness (QED) is 0.816. The van der Waals surface area contributed by atoms with Gasteiger partial charge in [0.25, 0.3) is 0 Å². The summed E-state index contributed by atoms with van der Waals surface area (Å²) in [6.45, 7) is 1.16. The molecule has 2 saturated carbocycles. The minimum absolute atomic E-state index is 0.395. The fourth-order valence-electron chi connectivity index (χ4n) is 2.84. The molecule has 3 rings (SSSR count). The third-order valence-electron chi connectivity index (χ3n) is 4.25. The maximum Gasteiger partial charge on any atom is 0.115 e. The van der Waals surface area contributed by atoms with Crippen molar-refractivity contribution in [2.75, 3.05) is 6.54 Å². The lowest BCUT2D eigenvalue weighted by Gasteiger charge is -2.42. The number of phenols is 1. The van der Waals surface area contributed by atoms with Gasteiger partial charge in [-0.3, -0.25) is 0 Å². The number of phenolic OH excluding ortho intramolecular Hbond substituents is 1. The van der Waals surface area contributed by atoms with E-state index in [0.717, 1.165) is 19.0 Å². The summed E-state index contributed by atoms with van der Waals surface area (Å²) in [5.41, 5.74) is 1.75. The highest BCUT2D eigenvalue weighted by molar-refractivity contribution is 5.28. The SMILES string of the molecule is Oc1cccc(CC2(CNC3CC3)CCC2)c1. The maximum absolute atomic E-state index is 9.51. The summed E-state index contributed by atoms with van der Waals surface area (Å²) in [4.78, 5) is 0. The van der Waals surface area contributed by atoms with E-state index >= 15 is 0 Å². The van der Waals surface area contributed by atoms with Gasteiger partial charge in [0.2, 0.25) is 0 Å². The first kappa shape index (κ1) is 11.1. The minimum Gasteiger partial charge on any atom is -0.508 e. The van der Waals surface area contributed by atoms with Crippen LogP contribution in [0.5, 0.6) is 5.75 Å². The molecule has 1 aromatic rings. The summed E-state index contributed by atoms with van der Waals surface area (Å²) in [6.07, 6.45) is 7.88. The van der Waals surface area contributed by atoms with Crippen molar-refractivity contribution in [1.29, 1.82) is 0 Å². The summed E-state index contributed by atoms with van der Waals surface area (Å²) in [5.74, 6) is 0.395. The first-order valence-electron chi connectivity index (χ1n) is 6.77. The zero-order valence-electron chi connectivity index (χ0n) is 10.3. The van der Waals surface area contributed by atoms with Crippen molar-refractivity contribution < 1.29 is 5.11 Å². The molecule has 92 valence electrons. The summed E-state index contributed by atoms with van der Waals surface area (Å²) >= 11 is 0. The van der Waals surface area contributed by atoms with Gasteiger partial charge in [-0.15, -0.1) is 0 Å². The molecule has 0 aliphatic heterocycles. The van der Waals surface area contributed by atoms with Crippen molar-refractivity contribution in [1.82, 2.24) is 5.32 Å². The zero-order valence-corrected chi connectivity index (χ0v) is 10.3. The van der Waals surface area contributed by atoms with Gasteiger partial charge in [-0.05, 0) is 55.2 Å². The van der Waals surface area contributed by atoms with E-state index in [9.17, 15) is 5.11 Å². The Morgan fingerprint density at radius 3 is 2.71 bits per heavy atom. The number of hydrogen-bond acceptors (Lipinski definition) is 2. The van der Waals surface area contributed by atoms with Crippen LogP contribution in [0.4, 0.5) is 0 Å². The predicted molar refractivity (Wildman–Crippen MR) is 69.1 cm³/mol. The van der Waals surface area contributed by atoms with Gasteiger partial charge in [0.1, 0.15) is 5.75 Å². The van der Waals surface area contributed by atoms with E-state index in [1.807, 2.05) is 12.1 Å². The molecule has 0 unspecified atom stereocenters. The Morgan fingerprint density at radius 2 is 2.12 bits per heavy atom. The van der Waals surface area contributed by atoms with Crippen molar-refractivity contribution in [3.05, 3.63) is 29.8 Å². The number of nitrogens with one attached hydrogen (secondary N) is 1. The Hall–Kier alpha value is -1.02. The third-order valence-corrected chi connectivity index (χ3v) is 4.25. The van der Waals surface area contributed by atoms with E-state index in [1.54, 1.807) is 6.07 Å². The fourth-order valence-corrected chi connectivity index (χ4v) is 2.84. The minimum atomic E-state index is 0.395. The Balaban J connectivity index is 1.63. The molecule has 17 heavy (non-hydrogen) atoms. The van der Waals surface area contributed by atoms with Gasteiger partial charge in [-0.25, -0.2) is 0 Å². The average Bonchev–Trinajstić information content (AvgIpc) is 3.06. The highest BCUT2D eigenvalue weighted by Crippen LogP contribution is 2.44. The van der Waals surface area contributed by atoms with Crippen molar-refractivity contribution in [2.24, 2.45) is 5.41 Å². The van der Waals surface area contributed by atoms with Crippen LogP contribution >= 0.6 is 0 Å². The largest absolute Gasteiger partial charge is 0.508 e. The van der Waals surface area contributed by atoms with E-state index in [1.165, 1.54) is 37.7 Å². The van der Waals surface area contributed by atoms with Crippen molar-refractivity contribution >= 4 is 0 Å². The van der Waals surface area contributed by atoms with Gasteiger partial charge >= 0.3 is 0 Å². The molecule has 0 aromatic heterocycles. The highest BCUT2D eigenvalue weighted by atomic mass is 16.3. The molecule has 2 N–H and O–H groups in total. The molecule has 2 heteroatoms. The third kappa shape index (κ3) is 2.63. The van der Waals surface area contributed by atoms with Crippen LogP contribution in [0.3, 0.4) is 0 Å². The highest BCUT2D eigenvalue weighted by Gasteiger charge is 2.38. The van der Waals surface area contributed by atoms with Gasteiger partial charge < -0.3 is 10.4 Å². The zero-order chi connectivity index (χ0) is 11.7. The topological polar surface area (TPSA) is 32.3 Å². The molecule has 0 saturated heterocycles. The van der Waals surface area contributed by atoms with Gasteiger partial charge in [0, 0.05) is 12.6 Å². The Kier molecular flexibility index (Phi) is 2.83. The van der Waals surface area contributed by atoms with E-state index in [-0.39, 0.29) is 0 Å². The van der Waals surface area contributed by atoms with Gasteiger partial charge in [-0.1, -0.05) is 18.6 Å². The summed E-state index contributed by atoms with van der Waals surface area (Å²) in [7, 11) is 0. The van der Waals surface area contributed by atoms with Crippen LogP contribution in [0.15, 0.2) is 24.3 Å². The molecular weight excluding hydrogens is 210 g/mol. The lowest BCUT2D eigenvalue weighted by Crippen LogP contribution is -2.42. The number of benzene rings is 1. The normalized spacial score (nSPS) is 22.1. The van der Waals surface area contributed by atoms with Crippen LogP contribution in [0.1, 0.15) is 37.7 Å². The molecule has 2 fully saturated rings. The molecule has 0 atom stereocenters. The summed E-state index contributed by atoms with van der Waals surface area (Å²) < 4.78 is 0. The van der Waals surface area contributed by atoms with E-state index in [4.69, 9.17) is 0 Å². The van der Waals surface area contributed by atoms with E-state index < -0.39 is 0 Å². The summed E-state index contributed by atoms with van der Waals surface area (Å²) in [6, 6.07) is 8.55. The average molecular weight is 231 g/mol. The molecule has 0 bridgehead atoms. The van der Waals surface area contributed by atoms with Crippen molar-refractivity contribution in [3.63, 3.8) is 0 Å². The smallest absolute Gasteiger partial charge is 0.115 e. The van der Waals surface area contributed by atoms with Gasteiger partial charge in [0.05, 0.1) is 0 Å². The molecule has 0 amide bonds. The predicted octanol–water partition coefficient (Wildman–Crippen LogP) is 2.86. The molecule has 2 nitrogen and oxygen atoms in total. The van der Waals surface area contributed by atoms with Crippen molar-refractivity contribution in [3.8, 4) is 5.75 Å². The molecular formula is C15H21NO. The lowest BCUT2D eigenvalue weighted by molar-refractivity contribution is 0.129. The number of aromatic hydroxyl groups is 1. The standard InChI is InChI=1S/C15H21NO/c17-14-4-1-3-12(9-14)10-15(7-2-8-15)11-16-13-5-6-13/h1,3-4,9,13,16-17H,2,5-8,10-11H2. The summed E-state index contributed by atoms with van der Waals surface area (Å²) in [5, 5.41) is 13.2. The van der Waals surface area contributed by atoms with Crippen LogP contribution < -0.4 is 5.32 Å². The lowest BCUT2D eigenvalue weighted by atomic mass is 9.65. The Morgan fingerprint density at radius 1 is 1.29 bits per heavy atom. The maximum atomic E-state index is 9.51. The molecule has 0 spiro atoms. The van der Waals surface area contributed by atoms with E-state index in [0.29, 0.717) is 11.2 Å². The molecule has 2 aliphatic carbocycles. The first-order valence-corrected chi connectivity index (χ1v) is 6.77. The Labute approximate surface area is 103 Å². The van der Waals surface area contributed by atoms with Gasteiger partial charge in [0.15, 0.2) is 0 Å². The second-order valence-electron chi connectivity index (χ2n) is 5.86. The van der Waals surface area contributed by atoms with Crippen LogP contribution in [0.25, 0.3) is 0 Å². The Bertz CT molecular complexity index is 394. The number of rotatable bonds is 5. The van der Waals surface area contributed by atoms with Crippen LogP contribution in [0.2, 0.25) is 0 Å². The molecule has 0 heterocycles. The van der Waals surface area contributed by atoms with Crippen LogP contribution in [0, 0.1) is 5.41 Å². The first-order chi connectivity index (χ1) is 8.26. The fraction of sp³-hybridized carbons (Fsp3) is 0.600. The van der Waals surface area contributed by atoms with Gasteiger partial charge in [-0.2, -0.15) is 0 Å². The van der Waals surface area contributed by atoms with Crippen LogP contribution in [-0.4, -0.2) is 17.7 Å². The van der Waals surface area contributed by atoms with Crippen molar-refractivity contribution in [2.45, 2.75) is 44.6 Å². The molecule has 0 radical (unpaired) electrons. The molecule has 2 aliphatic rings. The second kappa shape index (κ2) is 4.34. The second-order valence-corrected chi connectivity index (χ2v) is 5.86. The van der Waals surface area contributed by atoms with Crippen LogP contribution in [-0.2, 0) is 6.42 Å². The van der Waals surface area contributed by atoms with E-state index in [2.05, 4.69) is 11.4 Å². The molecule has 1 aromatic carbocycles. The monoisotopic (exact) mass is 231 g/mol. The number of hydrogen-bond donors (Lipinski definition) is 2.